The number of piperidine rings is 1. The standard InChI is InChI=1S/C20H22N4O3/c25-19(24-12-2-1-3-13-24)15-27-18-6-4-16(5-7-18)14-22-23-20(26)17-8-10-21-11-9-17/h4-11,14H,1-3,12-13,15H2,(H,23,26). The fraction of sp³-hybridized carbons (Fsp3) is 0.300. The van der Waals surface area contributed by atoms with Gasteiger partial charge in [-0.25, -0.2) is 5.43 Å². The van der Waals surface area contributed by atoms with Crippen molar-refractivity contribution < 1.29 is 14.3 Å². The van der Waals surface area contributed by atoms with Gasteiger partial charge in [-0.2, -0.15) is 5.10 Å². The monoisotopic (exact) mass is 366 g/mol. The van der Waals surface area contributed by atoms with Crippen molar-refractivity contribution in [3.63, 3.8) is 0 Å². The number of hydrogen-bond donors (Lipinski definition) is 1. The number of amides is 2. The normalized spacial score (nSPS) is 14.1. The van der Waals surface area contributed by atoms with Crippen LogP contribution >= 0.6 is 0 Å². The lowest BCUT2D eigenvalue weighted by molar-refractivity contribution is -0.134. The molecule has 1 N–H and O–H groups in total. The molecule has 3 rings (SSSR count). The number of carbonyl (C=O) groups is 2. The van der Waals surface area contributed by atoms with Gasteiger partial charge in [-0.3, -0.25) is 14.6 Å². The molecule has 27 heavy (non-hydrogen) atoms. The molecule has 1 fully saturated rings. The van der Waals surface area contributed by atoms with Gasteiger partial charge in [0.1, 0.15) is 5.75 Å². The van der Waals surface area contributed by atoms with E-state index in [1.54, 1.807) is 42.9 Å². The second kappa shape index (κ2) is 9.47. The van der Waals surface area contributed by atoms with Crippen LogP contribution in [0.4, 0.5) is 0 Å². The van der Waals surface area contributed by atoms with Crippen LogP contribution in [0.5, 0.6) is 5.75 Å². The highest BCUT2D eigenvalue weighted by Crippen LogP contribution is 2.13. The summed E-state index contributed by atoms with van der Waals surface area (Å²) in [6.45, 7) is 1.70. The van der Waals surface area contributed by atoms with Gasteiger partial charge in [-0.05, 0) is 61.2 Å². The molecule has 0 atom stereocenters. The Labute approximate surface area is 158 Å². The van der Waals surface area contributed by atoms with Gasteiger partial charge in [0.2, 0.25) is 0 Å². The molecule has 140 valence electrons. The summed E-state index contributed by atoms with van der Waals surface area (Å²) in [5.41, 5.74) is 3.76. The van der Waals surface area contributed by atoms with E-state index in [4.69, 9.17) is 4.74 Å². The molecule has 2 aromatic rings. The summed E-state index contributed by atoms with van der Waals surface area (Å²) in [5.74, 6) is 0.349. The number of nitrogens with one attached hydrogen (secondary N) is 1. The van der Waals surface area contributed by atoms with E-state index in [1.165, 1.54) is 6.42 Å². The highest BCUT2D eigenvalue weighted by Gasteiger charge is 2.16. The average Bonchev–Trinajstić information content (AvgIpc) is 2.74. The summed E-state index contributed by atoms with van der Waals surface area (Å²) < 4.78 is 5.57. The van der Waals surface area contributed by atoms with Crippen LogP contribution in [0.25, 0.3) is 0 Å². The van der Waals surface area contributed by atoms with Gasteiger partial charge in [0.15, 0.2) is 6.61 Å². The summed E-state index contributed by atoms with van der Waals surface area (Å²) >= 11 is 0. The first-order chi connectivity index (χ1) is 13.2. The smallest absolute Gasteiger partial charge is 0.271 e. The maximum absolute atomic E-state index is 12.1. The maximum atomic E-state index is 12.1. The van der Waals surface area contributed by atoms with E-state index in [2.05, 4.69) is 15.5 Å². The molecule has 1 aliphatic heterocycles. The van der Waals surface area contributed by atoms with Crippen molar-refractivity contribution in [1.29, 1.82) is 0 Å². The lowest BCUT2D eigenvalue weighted by Gasteiger charge is -2.26. The Morgan fingerprint density at radius 1 is 1.07 bits per heavy atom. The molecular formula is C20H22N4O3. The molecule has 7 nitrogen and oxygen atoms in total. The van der Waals surface area contributed by atoms with Crippen LogP contribution < -0.4 is 10.2 Å². The van der Waals surface area contributed by atoms with E-state index >= 15 is 0 Å². The minimum atomic E-state index is -0.301. The highest BCUT2D eigenvalue weighted by molar-refractivity contribution is 5.94. The number of benzene rings is 1. The second-order valence-electron chi connectivity index (χ2n) is 6.23. The minimum absolute atomic E-state index is 0.0270. The molecule has 0 unspecified atom stereocenters. The van der Waals surface area contributed by atoms with Crippen molar-refractivity contribution in [3.05, 3.63) is 59.9 Å². The van der Waals surface area contributed by atoms with Crippen LogP contribution in [0.3, 0.4) is 0 Å². The number of nitrogens with zero attached hydrogens (tertiary/aromatic N) is 3. The topological polar surface area (TPSA) is 83.9 Å². The van der Waals surface area contributed by atoms with Crippen molar-refractivity contribution in [3.8, 4) is 5.75 Å². The molecule has 0 bridgehead atoms. The molecule has 1 aromatic carbocycles. The molecule has 0 spiro atoms. The van der Waals surface area contributed by atoms with Gasteiger partial charge in [0.25, 0.3) is 11.8 Å². The molecular weight excluding hydrogens is 344 g/mol. The molecule has 0 saturated carbocycles. The lowest BCUT2D eigenvalue weighted by Crippen LogP contribution is -2.38. The SMILES string of the molecule is O=C(NN=Cc1ccc(OCC(=O)N2CCCCC2)cc1)c1ccncc1. The molecule has 1 aromatic heterocycles. The van der Waals surface area contributed by atoms with Crippen LogP contribution in [0, 0.1) is 0 Å². The van der Waals surface area contributed by atoms with Gasteiger partial charge in [0.05, 0.1) is 6.21 Å². The zero-order valence-corrected chi connectivity index (χ0v) is 15.0. The molecule has 0 radical (unpaired) electrons. The lowest BCUT2D eigenvalue weighted by atomic mass is 10.1. The molecule has 1 aliphatic rings. The van der Waals surface area contributed by atoms with E-state index in [0.717, 1.165) is 31.5 Å². The van der Waals surface area contributed by atoms with Gasteiger partial charge in [0, 0.05) is 31.0 Å². The zero-order valence-electron chi connectivity index (χ0n) is 15.0. The number of carbonyl (C=O) groups excluding carboxylic acids is 2. The zero-order chi connectivity index (χ0) is 18.9. The maximum Gasteiger partial charge on any atom is 0.271 e. The van der Waals surface area contributed by atoms with E-state index in [1.807, 2.05) is 17.0 Å². The third kappa shape index (κ3) is 5.64. The number of likely N-dealkylation sites (tertiary alicyclic amines) is 1. The van der Waals surface area contributed by atoms with E-state index in [-0.39, 0.29) is 18.4 Å². The average molecular weight is 366 g/mol. The van der Waals surface area contributed by atoms with E-state index < -0.39 is 0 Å². The third-order valence-corrected chi connectivity index (χ3v) is 4.27. The van der Waals surface area contributed by atoms with Crippen LogP contribution in [-0.2, 0) is 4.79 Å². The molecule has 2 heterocycles. The van der Waals surface area contributed by atoms with Crippen molar-refractivity contribution in [2.45, 2.75) is 19.3 Å². The van der Waals surface area contributed by atoms with Crippen molar-refractivity contribution in [2.24, 2.45) is 5.10 Å². The first-order valence-corrected chi connectivity index (χ1v) is 8.96. The quantitative estimate of drug-likeness (QED) is 0.628. The number of pyridine rings is 1. The Kier molecular flexibility index (Phi) is 6.51. The van der Waals surface area contributed by atoms with Gasteiger partial charge >= 0.3 is 0 Å². The Hall–Kier alpha value is -3.22. The Balaban J connectivity index is 1.45. The van der Waals surface area contributed by atoms with Crippen molar-refractivity contribution in [1.82, 2.24) is 15.3 Å². The highest BCUT2D eigenvalue weighted by atomic mass is 16.5. The van der Waals surface area contributed by atoms with Crippen molar-refractivity contribution in [2.75, 3.05) is 19.7 Å². The summed E-state index contributed by atoms with van der Waals surface area (Å²) in [6, 6.07) is 10.4. The van der Waals surface area contributed by atoms with Crippen LogP contribution in [-0.4, -0.2) is 47.6 Å². The van der Waals surface area contributed by atoms with Crippen LogP contribution in [0.2, 0.25) is 0 Å². The van der Waals surface area contributed by atoms with Gasteiger partial charge in [-0.1, -0.05) is 0 Å². The van der Waals surface area contributed by atoms with Gasteiger partial charge < -0.3 is 9.64 Å². The summed E-state index contributed by atoms with van der Waals surface area (Å²) in [7, 11) is 0. The molecule has 0 aliphatic carbocycles. The Morgan fingerprint density at radius 3 is 2.48 bits per heavy atom. The predicted octanol–water partition coefficient (Wildman–Crippen LogP) is 2.24. The fourth-order valence-corrected chi connectivity index (χ4v) is 2.76. The van der Waals surface area contributed by atoms with E-state index in [0.29, 0.717) is 11.3 Å². The Bertz CT molecular complexity index is 785. The molecule has 7 heteroatoms. The third-order valence-electron chi connectivity index (χ3n) is 4.27. The molecule has 2 amide bonds. The number of hydrogen-bond acceptors (Lipinski definition) is 5. The number of ether oxygens (including phenoxy) is 1. The first kappa shape index (κ1) is 18.6. The van der Waals surface area contributed by atoms with Crippen LogP contribution in [0.15, 0.2) is 53.9 Å². The number of rotatable bonds is 6. The second-order valence-corrected chi connectivity index (χ2v) is 6.23. The summed E-state index contributed by atoms with van der Waals surface area (Å²) in [5, 5.41) is 3.94. The summed E-state index contributed by atoms with van der Waals surface area (Å²) in [6.07, 6.45) is 7.97. The predicted molar refractivity (Wildman–Crippen MR) is 102 cm³/mol. The first-order valence-electron chi connectivity index (χ1n) is 8.96. The van der Waals surface area contributed by atoms with Crippen molar-refractivity contribution >= 4 is 18.0 Å². The van der Waals surface area contributed by atoms with Gasteiger partial charge in [-0.15, -0.1) is 0 Å². The van der Waals surface area contributed by atoms with Crippen LogP contribution in [0.1, 0.15) is 35.2 Å². The summed E-state index contributed by atoms with van der Waals surface area (Å²) in [4.78, 5) is 29.7. The largest absolute Gasteiger partial charge is 0.484 e. The van der Waals surface area contributed by atoms with E-state index in [9.17, 15) is 9.59 Å². The Morgan fingerprint density at radius 2 is 1.78 bits per heavy atom. The number of hydrazone groups is 1. The fourth-order valence-electron chi connectivity index (χ4n) is 2.76. The molecule has 1 saturated heterocycles. The number of aromatic nitrogens is 1. The minimum Gasteiger partial charge on any atom is -0.484 e.